The number of aryl methyl sites for hydroxylation is 2. The molecule has 0 spiro atoms. The second-order valence-corrected chi connectivity index (χ2v) is 24.3. The van der Waals surface area contributed by atoms with E-state index in [1.807, 2.05) is 12.1 Å². The maximum Gasteiger partial charge on any atom is 0.303 e. The number of carbonyl (C=O) groups is 4. The molecule has 0 saturated carbocycles. The Balaban J connectivity index is 1.31. The summed E-state index contributed by atoms with van der Waals surface area (Å²) < 4.78 is 35.2. The van der Waals surface area contributed by atoms with Gasteiger partial charge >= 0.3 is 23.9 Å². The second kappa shape index (κ2) is 36.7. The third-order valence-electron chi connectivity index (χ3n) is 17.0. The molecular formula is C73H102N4O10. The number of nitrogens with zero attached hydrogens (tertiary/aromatic N) is 2. The molecular weight excluding hydrogens is 1090 g/mol. The molecule has 6 heterocycles. The standard InChI is InChI=1S/C73H102N4O10/c1-8-11-14-17-20-23-26-29-32-35-57-60-42-44-62(74-60)58(36-33-30-27-24-21-18-15-12-9-2)64-46-48-66(76-64)69(67-49-47-65(77-67)59(63-45-43-61(57)75-63)37-34-31-28-25-22-19-16-13-10-3)55-38-40-56(41-39-55)86-73-72(85-54(7)81)71(84-53(6)80)70(83-52(5)79)68(87-73)50-82-51(4)78/h38-49,68,70-73,76-77H,8-37,50H2,1-7H3/t68-,70-,71+,72-,73-/m1/s1. The van der Waals surface area contributed by atoms with Gasteiger partial charge in [0, 0.05) is 72.0 Å². The first kappa shape index (κ1) is 68.0. The first-order valence-electron chi connectivity index (χ1n) is 33.6. The summed E-state index contributed by atoms with van der Waals surface area (Å²) in [6.07, 6.45) is 38.8. The van der Waals surface area contributed by atoms with Crippen molar-refractivity contribution >= 4 is 70.2 Å². The number of hydrogen-bond acceptors (Lipinski definition) is 12. The maximum atomic E-state index is 12.7. The quantitative estimate of drug-likeness (QED) is 0.0213. The fraction of sp³-hybridized carbons (Fsp3) is 0.589. The minimum Gasteiger partial charge on any atom is -0.463 e. The molecule has 0 amide bonds. The molecule has 1 fully saturated rings. The van der Waals surface area contributed by atoms with Crippen molar-refractivity contribution in [1.82, 2.24) is 19.9 Å². The Bertz CT molecular complexity index is 2930. The second-order valence-electron chi connectivity index (χ2n) is 24.3. The highest BCUT2D eigenvalue weighted by Crippen LogP contribution is 2.36. The van der Waals surface area contributed by atoms with Crippen LogP contribution < -0.4 is 4.74 Å². The lowest BCUT2D eigenvalue weighted by Gasteiger charge is -2.43. The number of H-pyrrole nitrogens is 2. The van der Waals surface area contributed by atoms with Gasteiger partial charge in [-0.2, -0.15) is 0 Å². The molecule has 474 valence electrons. The van der Waals surface area contributed by atoms with Crippen LogP contribution in [-0.4, -0.2) is 81.1 Å². The number of aromatic amines is 2. The molecule has 4 aromatic rings. The summed E-state index contributed by atoms with van der Waals surface area (Å²) in [4.78, 5) is 68.7. The van der Waals surface area contributed by atoms with Crippen LogP contribution in [0.3, 0.4) is 0 Å². The van der Waals surface area contributed by atoms with E-state index in [2.05, 4.69) is 79.3 Å². The molecule has 0 unspecified atom stereocenters. The summed E-state index contributed by atoms with van der Waals surface area (Å²) in [5.41, 5.74) is 13.3. The highest BCUT2D eigenvalue weighted by molar-refractivity contribution is 5.94. The monoisotopic (exact) mass is 1190 g/mol. The highest BCUT2D eigenvalue weighted by atomic mass is 16.7. The number of nitrogens with one attached hydrogen (secondary N) is 2. The molecule has 1 saturated heterocycles. The van der Waals surface area contributed by atoms with Crippen LogP contribution in [0.4, 0.5) is 0 Å². The van der Waals surface area contributed by atoms with Crippen molar-refractivity contribution in [2.45, 2.75) is 272 Å². The van der Waals surface area contributed by atoms with Crippen LogP contribution >= 0.6 is 0 Å². The van der Waals surface area contributed by atoms with Gasteiger partial charge in [0.25, 0.3) is 0 Å². The van der Waals surface area contributed by atoms with Crippen molar-refractivity contribution in [2.24, 2.45) is 0 Å². The van der Waals surface area contributed by atoms with Crippen molar-refractivity contribution in [2.75, 3.05) is 6.61 Å². The number of benzene rings is 1. The normalized spacial score (nSPS) is 17.1. The van der Waals surface area contributed by atoms with Crippen LogP contribution in [0.25, 0.3) is 57.5 Å². The first-order valence-corrected chi connectivity index (χ1v) is 33.6. The molecule has 3 aromatic heterocycles. The van der Waals surface area contributed by atoms with Crippen LogP contribution in [0.5, 0.6) is 5.75 Å². The van der Waals surface area contributed by atoms with Crippen molar-refractivity contribution in [1.29, 1.82) is 0 Å². The average Bonchev–Trinajstić information content (AvgIpc) is 1.95. The van der Waals surface area contributed by atoms with E-state index >= 15 is 0 Å². The van der Waals surface area contributed by atoms with E-state index in [4.69, 9.17) is 38.4 Å². The fourth-order valence-electron chi connectivity index (χ4n) is 12.4. The van der Waals surface area contributed by atoms with Gasteiger partial charge in [0.1, 0.15) is 18.5 Å². The summed E-state index contributed by atoms with van der Waals surface area (Å²) in [5, 5.41) is 0. The van der Waals surface area contributed by atoms with Crippen molar-refractivity contribution in [3.63, 3.8) is 0 Å². The van der Waals surface area contributed by atoms with Crippen molar-refractivity contribution < 1.29 is 47.6 Å². The number of ether oxygens (including phenoxy) is 6. The SMILES string of the molecule is CCCCCCCCCCCc1c2nc(c(CCCCCCCCCCC)c3ccc([nH]3)c(-c3ccc(O[C@@H]4O[C@H](COC(C)=O)[C@@H](OC(C)=O)[C@H](OC(C)=O)[C@H]4OC(C)=O)cc3)c3ccc([nH]3)c(CCCCCCCCCCC)c3nc1C=C3)C=C2. The smallest absolute Gasteiger partial charge is 0.303 e. The van der Waals surface area contributed by atoms with Crippen molar-refractivity contribution in [3.05, 3.63) is 88.0 Å². The Hall–Kier alpha value is -6.54. The van der Waals surface area contributed by atoms with Crippen molar-refractivity contribution in [3.8, 4) is 16.9 Å². The number of carbonyl (C=O) groups excluding carboxylic acids is 4. The Morgan fingerprint density at radius 3 is 1.17 bits per heavy atom. The third kappa shape index (κ3) is 21.3. The summed E-state index contributed by atoms with van der Waals surface area (Å²) in [5.74, 6) is -2.42. The minimum atomic E-state index is -1.39. The number of hydrogen-bond donors (Lipinski definition) is 2. The Kier molecular flexibility index (Phi) is 28.7. The van der Waals surface area contributed by atoms with Gasteiger partial charge in [0.15, 0.2) is 12.2 Å². The highest BCUT2D eigenvalue weighted by Gasteiger charge is 2.53. The number of fused-ring (bicyclic) bond motifs is 8. The minimum absolute atomic E-state index is 0.339. The van der Waals surface area contributed by atoms with Crippen LogP contribution in [0.2, 0.25) is 0 Å². The summed E-state index contributed by atoms with van der Waals surface area (Å²) >= 11 is 0. The number of aromatic nitrogens is 4. The predicted octanol–water partition coefficient (Wildman–Crippen LogP) is 18.0. The summed E-state index contributed by atoms with van der Waals surface area (Å²) in [7, 11) is 0. The zero-order valence-electron chi connectivity index (χ0n) is 53.7. The fourth-order valence-corrected chi connectivity index (χ4v) is 12.4. The van der Waals surface area contributed by atoms with Crippen LogP contribution in [0.1, 0.15) is 261 Å². The summed E-state index contributed by atoms with van der Waals surface area (Å²) in [6.45, 7) is 11.3. The van der Waals surface area contributed by atoms with Gasteiger partial charge in [0.2, 0.25) is 12.4 Å². The van der Waals surface area contributed by atoms with Crippen LogP contribution in [-0.2, 0) is 62.1 Å². The molecule has 0 aliphatic carbocycles. The van der Waals surface area contributed by atoms with Gasteiger partial charge in [-0.15, -0.1) is 0 Å². The summed E-state index contributed by atoms with van der Waals surface area (Å²) in [6, 6.07) is 16.3. The van der Waals surface area contributed by atoms with Gasteiger partial charge < -0.3 is 38.4 Å². The first-order chi connectivity index (χ1) is 42.4. The van der Waals surface area contributed by atoms with E-state index in [-0.39, 0.29) is 6.61 Å². The van der Waals surface area contributed by atoms with Gasteiger partial charge in [-0.05, 0) is 105 Å². The molecule has 8 bridgehead atoms. The van der Waals surface area contributed by atoms with E-state index in [0.29, 0.717) is 5.75 Å². The zero-order valence-corrected chi connectivity index (χ0v) is 53.7. The van der Waals surface area contributed by atoms with Gasteiger partial charge in [-0.25, -0.2) is 9.97 Å². The molecule has 7 rings (SSSR count). The molecule has 5 atom stereocenters. The molecule has 3 aliphatic rings. The maximum absolute atomic E-state index is 12.7. The number of esters is 4. The van der Waals surface area contributed by atoms with Crippen LogP contribution in [0, 0.1) is 0 Å². The largest absolute Gasteiger partial charge is 0.463 e. The van der Waals surface area contributed by atoms with E-state index < -0.39 is 54.6 Å². The van der Waals surface area contributed by atoms with E-state index in [1.54, 1.807) is 12.1 Å². The molecule has 1 aromatic carbocycles. The predicted molar refractivity (Wildman–Crippen MR) is 350 cm³/mol. The topological polar surface area (TPSA) is 181 Å². The number of rotatable bonds is 38. The Morgan fingerprint density at radius 2 is 0.770 bits per heavy atom. The molecule has 0 radical (unpaired) electrons. The van der Waals surface area contributed by atoms with Crippen LogP contribution in [0.15, 0.2) is 48.5 Å². The van der Waals surface area contributed by atoms with Gasteiger partial charge in [-0.1, -0.05) is 187 Å². The Morgan fingerprint density at radius 1 is 0.414 bits per heavy atom. The average molecular weight is 1200 g/mol. The van der Waals surface area contributed by atoms with E-state index in [0.717, 1.165) is 107 Å². The molecule has 14 heteroatoms. The van der Waals surface area contributed by atoms with E-state index in [9.17, 15) is 19.2 Å². The Labute approximate surface area is 518 Å². The molecule has 3 aliphatic heterocycles. The molecule has 14 nitrogen and oxygen atoms in total. The van der Waals surface area contributed by atoms with Gasteiger partial charge in [-0.3, -0.25) is 19.2 Å². The lowest BCUT2D eigenvalue weighted by Crippen LogP contribution is -2.63. The molecule has 87 heavy (non-hydrogen) atoms. The van der Waals surface area contributed by atoms with Gasteiger partial charge in [0.05, 0.1) is 22.8 Å². The lowest BCUT2D eigenvalue weighted by molar-refractivity contribution is -0.288. The third-order valence-corrected chi connectivity index (χ3v) is 17.0. The van der Waals surface area contributed by atoms with E-state index in [1.165, 1.54) is 186 Å². The zero-order chi connectivity index (χ0) is 61.8. The molecule has 2 N–H and O–H groups in total. The number of unbranched alkanes of at least 4 members (excludes halogenated alkanes) is 24. The lowest BCUT2D eigenvalue weighted by atomic mass is 9.98.